The van der Waals surface area contributed by atoms with Crippen LogP contribution in [0.1, 0.15) is 17.2 Å². The van der Waals surface area contributed by atoms with Gasteiger partial charge in [-0.15, -0.1) is 0 Å². The molecule has 4 nitrogen and oxygen atoms in total. The van der Waals surface area contributed by atoms with Crippen LogP contribution in [0, 0.1) is 5.82 Å². The maximum absolute atomic E-state index is 14.5. The van der Waals surface area contributed by atoms with Gasteiger partial charge in [0.15, 0.2) is 0 Å². The molecular weight excluding hydrogens is 307 g/mol. The number of aromatic amines is 1. The van der Waals surface area contributed by atoms with Crippen LogP contribution in [-0.2, 0) is 4.74 Å². The smallest absolute Gasteiger partial charge is 0.144 e. The lowest BCUT2D eigenvalue weighted by molar-refractivity contribution is 0.0230. The maximum atomic E-state index is 14.5. The van der Waals surface area contributed by atoms with Crippen LogP contribution in [0.2, 0.25) is 0 Å². The molecule has 1 unspecified atom stereocenters. The fourth-order valence-electron chi connectivity index (χ4n) is 3.44. The Balaban J connectivity index is 1.87. The summed E-state index contributed by atoms with van der Waals surface area (Å²) >= 11 is 0. The second kappa shape index (κ2) is 6.26. The molecule has 4 rings (SSSR count). The summed E-state index contributed by atoms with van der Waals surface area (Å²) in [6.07, 6.45) is 1.79. The van der Waals surface area contributed by atoms with E-state index in [2.05, 4.69) is 9.88 Å². The van der Waals surface area contributed by atoms with Crippen LogP contribution in [0.15, 0.2) is 48.7 Å². The van der Waals surface area contributed by atoms with Crippen molar-refractivity contribution in [1.82, 2.24) is 9.88 Å². The fraction of sp³-hybridized carbons (Fsp3) is 0.263. The highest BCUT2D eigenvalue weighted by Gasteiger charge is 2.29. The predicted octanol–water partition coefficient (Wildman–Crippen LogP) is 3.43. The number of phenolic OH excluding ortho intramolecular Hbond substituents is 1. The molecule has 0 saturated carbocycles. The van der Waals surface area contributed by atoms with Crippen molar-refractivity contribution >= 4 is 10.9 Å². The maximum Gasteiger partial charge on any atom is 0.144 e. The van der Waals surface area contributed by atoms with E-state index in [9.17, 15) is 9.50 Å². The Bertz CT molecular complexity index is 855. The zero-order valence-electron chi connectivity index (χ0n) is 13.2. The highest BCUT2D eigenvalue weighted by atomic mass is 19.1. The molecule has 0 spiro atoms. The van der Waals surface area contributed by atoms with Gasteiger partial charge in [0.2, 0.25) is 0 Å². The molecule has 1 atom stereocenters. The molecule has 1 aromatic heterocycles. The number of rotatable bonds is 3. The van der Waals surface area contributed by atoms with E-state index in [1.807, 2.05) is 24.3 Å². The molecule has 2 aromatic carbocycles. The van der Waals surface area contributed by atoms with Gasteiger partial charge in [0.1, 0.15) is 11.6 Å². The SMILES string of the molecule is Oc1c(C(c2ccccc2F)N2CCOCC2)ccc2cc[nH]c12. The molecule has 1 fully saturated rings. The summed E-state index contributed by atoms with van der Waals surface area (Å²) in [6.45, 7) is 2.61. The van der Waals surface area contributed by atoms with Crippen molar-refractivity contribution in [2.45, 2.75) is 6.04 Å². The van der Waals surface area contributed by atoms with Crippen molar-refractivity contribution in [1.29, 1.82) is 0 Å². The number of fused-ring (bicyclic) bond motifs is 1. The Morgan fingerprint density at radius 3 is 2.62 bits per heavy atom. The molecule has 3 aromatic rings. The molecule has 0 aliphatic carbocycles. The van der Waals surface area contributed by atoms with Crippen molar-refractivity contribution in [3.63, 3.8) is 0 Å². The number of hydrogen-bond acceptors (Lipinski definition) is 3. The van der Waals surface area contributed by atoms with Gasteiger partial charge in [-0.05, 0) is 12.1 Å². The zero-order chi connectivity index (χ0) is 16.5. The van der Waals surface area contributed by atoms with E-state index >= 15 is 0 Å². The molecule has 0 amide bonds. The number of aromatic nitrogens is 1. The number of nitrogens with one attached hydrogen (secondary N) is 1. The first-order valence-corrected chi connectivity index (χ1v) is 8.11. The van der Waals surface area contributed by atoms with Gasteiger partial charge < -0.3 is 14.8 Å². The second-order valence-electron chi connectivity index (χ2n) is 6.02. The van der Waals surface area contributed by atoms with E-state index in [0.717, 1.165) is 5.39 Å². The van der Waals surface area contributed by atoms with Gasteiger partial charge in [0.25, 0.3) is 0 Å². The normalized spacial score (nSPS) is 17.2. The third kappa shape index (κ3) is 2.56. The summed E-state index contributed by atoms with van der Waals surface area (Å²) in [4.78, 5) is 5.22. The molecule has 0 radical (unpaired) electrons. The van der Waals surface area contributed by atoms with Crippen LogP contribution >= 0.6 is 0 Å². The third-order valence-electron chi connectivity index (χ3n) is 4.64. The topological polar surface area (TPSA) is 48.5 Å². The van der Waals surface area contributed by atoms with Crippen molar-refractivity contribution in [2.75, 3.05) is 26.3 Å². The molecule has 24 heavy (non-hydrogen) atoms. The third-order valence-corrected chi connectivity index (χ3v) is 4.64. The summed E-state index contributed by atoms with van der Waals surface area (Å²) in [5.41, 5.74) is 1.96. The summed E-state index contributed by atoms with van der Waals surface area (Å²) < 4.78 is 20.0. The Morgan fingerprint density at radius 1 is 1.04 bits per heavy atom. The van der Waals surface area contributed by atoms with Crippen LogP contribution in [0.25, 0.3) is 10.9 Å². The van der Waals surface area contributed by atoms with Crippen LogP contribution in [-0.4, -0.2) is 41.3 Å². The number of ether oxygens (including phenoxy) is 1. The van der Waals surface area contributed by atoms with Gasteiger partial charge in [-0.25, -0.2) is 4.39 Å². The number of phenols is 1. The van der Waals surface area contributed by atoms with E-state index in [0.29, 0.717) is 42.9 Å². The van der Waals surface area contributed by atoms with Crippen molar-refractivity contribution in [3.8, 4) is 5.75 Å². The number of morpholine rings is 1. The van der Waals surface area contributed by atoms with E-state index in [4.69, 9.17) is 4.74 Å². The van der Waals surface area contributed by atoms with Gasteiger partial charge >= 0.3 is 0 Å². The van der Waals surface area contributed by atoms with Crippen molar-refractivity contribution < 1.29 is 14.2 Å². The monoisotopic (exact) mass is 326 g/mol. The lowest BCUT2D eigenvalue weighted by Crippen LogP contribution is -2.39. The molecule has 1 saturated heterocycles. The Hall–Kier alpha value is -2.37. The molecule has 124 valence electrons. The van der Waals surface area contributed by atoms with Crippen LogP contribution in [0.3, 0.4) is 0 Å². The second-order valence-corrected chi connectivity index (χ2v) is 6.02. The van der Waals surface area contributed by atoms with Gasteiger partial charge in [-0.3, -0.25) is 4.90 Å². The molecule has 5 heteroatoms. The number of halogens is 1. The lowest BCUT2D eigenvalue weighted by Gasteiger charge is -2.35. The average Bonchev–Trinajstić information content (AvgIpc) is 3.09. The fourth-order valence-corrected chi connectivity index (χ4v) is 3.44. The average molecular weight is 326 g/mol. The number of hydrogen-bond donors (Lipinski definition) is 2. The number of benzene rings is 2. The minimum absolute atomic E-state index is 0.178. The van der Waals surface area contributed by atoms with E-state index in [1.165, 1.54) is 6.07 Å². The number of aromatic hydroxyl groups is 1. The first kappa shape index (κ1) is 15.2. The largest absolute Gasteiger partial charge is 0.505 e. The Morgan fingerprint density at radius 2 is 1.83 bits per heavy atom. The Labute approximate surface area is 139 Å². The molecule has 2 N–H and O–H groups in total. The van der Waals surface area contributed by atoms with Crippen LogP contribution in [0.5, 0.6) is 5.75 Å². The van der Waals surface area contributed by atoms with Crippen LogP contribution < -0.4 is 0 Å². The highest BCUT2D eigenvalue weighted by molar-refractivity contribution is 5.86. The van der Waals surface area contributed by atoms with Gasteiger partial charge in [0, 0.05) is 35.8 Å². The predicted molar refractivity (Wildman–Crippen MR) is 90.6 cm³/mol. The lowest BCUT2D eigenvalue weighted by atomic mass is 9.94. The van der Waals surface area contributed by atoms with E-state index < -0.39 is 0 Å². The van der Waals surface area contributed by atoms with Crippen LogP contribution in [0.4, 0.5) is 4.39 Å². The molecule has 0 bridgehead atoms. The standard InChI is InChI=1S/C19H19FN2O2/c20-16-4-2-1-3-14(16)18(22-9-11-24-12-10-22)15-6-5-13-7-8-21-17(13)19(15)23/h1-8,18,21,23H,9-12H2. The number of H-pyrrole nitrogens is 1. The minimum atomic E-state index is -0.345. The number of nitrogens with zero attached hydrogens (tertiary/aromatic N) is 1. The quantitative estimate of drug-likeness (QED) is 0.775. The summed E-state index contributed by atoms with van der Waals surface area (Å²) in [5.74, 6) is -0.0859. The molecule has 1 aliphatic heterocycles. The summed E-state index contributed by atoms with van der Waals surface area (Å²) in [6, 6.07) is 12.2. The minimum Gasteiger partial charge on any atom is -0.505 e. The molecule has 2 heterocycles. The van der Waals surface area contributed by atoms with Crippen molar-refractivity contribution in [2.24, 2.45) is 0 Å². The highest BCUT2D eigenvalue weighted by Crippen LogP contribution is 2.39. The van der Waals surface area contributed by atoms with E-state index in [-0.39, 0.29) is 17.6 Å². The summed E-state index contributed by atoms with van der Waals surface area (Å²) in [5, 5.41) is 11.7. The van der Waals surface area contributed by atoms with Crippen molar-refractivity contribution in [3.05, 3.63) is 65.6 Å². The molecule has 1 aliphatic rings. The van der Waals surface area contributed by atoms with Gasteiger partial charge in [-0.2, -0.15) is 0 Å². The molecular formula is C19H19FN2O2. The van der Waals surface area contributed by atoms with E-state index in [1.54, 1.807) is 18.3 Å². The van der Waals surface area contributed by atoms with Gasteiger partial charge in [-0.1, -0.05) is 30.3 Å². The Kier molecular flexibility index (Phi) is 3.96. The first-order valence-electron chi connectivity index (χ1n) is 8.11. The summed E-state index contributed by atoms with van der Waals surface area (Å²) in [7, 11) is 0. The first-order chi connectivity index (χ1) is 11.8. The van der Waals surface area contributed by atoms with Gasteiger partial charge in [0.05, 0.1) is 24.8 Å². The zero-order valence-corrected chi connectivity index (χ0v) is 13.2.